The fraction of sp³-hybridized carbons (Fsp3) is 0.273. The van der Waals surface area contributed by atoms with Gasteiger partial charge in [0, 0.05) is 11.0 Å². The van der Waals surface area contributed by atoms with E-state index in [-0.39, 0.29) is 5.91 Å². The van der Waals surface area contributed by atoms with Gasteiger partial charge in [-0.3, -0.25) is 9.69 Å². The monoisotopic (exact) mass is 552 g/mol. The highest BCUT2D eigenvalue weighted by Crippen LogP contribution is 2.38. The first-order valence-corrected chi connectivity index (χ1v) is 11.6. The van der Waals surface area contributed by atoms with Crippen LogP contribution < -0.4 is 14.8 Å². The predicted molar refractivity (Wildman–Crippen MR) is 129 cm³/mol. The van der Waals surface area contributed by atoms with E-state index in [1.165, 1.54) is 0 Å². The molecule has 30 heavy (non-hydrogen) atoms. The van der Waals surface area contributed by atoms with Crippen LogP contribution in [0.5, 0.6) is 11.5 Å². The number of hydrogen-bond acceptors (Lipinski definition) is 4. The molecule has 2 aromatic carbocycles. The molecule has 5 nitrogen and oxygen atoms in total. The van der Waals surface area contributed by atoms with Crippen LogP contribution >= 0.6 is 44.1 Å². The average Bonchev–Trinajstić information content (AvgIpc) is 2.97. The van der Waals surface area contributed by atoms with Crippen LogP contribution in [0.3, 0.4) is 0 Å². The highest BCUT2D eigenvalue weighted by molar-refractivity contribution is 9.10. The number of benzene rings is 2. The SMILES string of the molecule is CCCN1C(=O)/C(=C/c2cc(Br)c(OCc3ccc(Br)cc3)c(OCC)c2)NC1=S. The number of halogens is 2. The Morgan fingerprint density at radius 3 is 2.53 bits per heavy atom. The lowest BCUT2D eigenvalue weighted by atomic mass is 10.1. The van der Waals surface area contributed by atoms with Crippen LogP contribution in [0.15, 0.2) is 51.0 Å². The summed E-state index contributed by atoms with van der Waals surface area (Å²) >= 11 is 12.3. The van der Waals surface area contributed by atoms with E-state index >= 15 is 0 Å². The van der Waals surface area contributed by atoms with Crippen molar-refractivity contribution in [3.63, 3.8) is 0 Å². The van der Waals surface area contributed by atoms with E-state index in [2.05, 4.69) is 37.2 Å². The zero-order chi connectivity index (χ0) is 21.7. The summed E-state index contributed by atoms with van der Waals surface area (Å²) in [5.74, 6) is 1.11. The Morgan fingerprint density at radius 2 is 1.87 bits per heavy atom. The van der Waals surface area contributed by atoms with Gasteiger partial charge in [-0.15, -0.1) is 0 Å². The molecule has 0 atom stereocenters. The van der Waals surface area contributed by atoms with Crippen molar-refractivity contribution in [2.24, 2.45) is 0 Å². The number of ether oxygens (including phenoxy) is 2. The molecule has 2 aromatic rings. The second kappa shape index (κ2) is 10.4. The lowest BCUT2D eigenvalue weighted by molar-refractivity contribution is -0.122. The molecular formula is C22H22Br2N2O3S. The first kappa shape index (κ1) is 22.8. The van der Waals surface area contributed by atoms with Gasteiger partial charge in [0.05, 0.1) is 11.1 Å². The highest BCUT2D eigenvalue weighted by Gasteiger charge is 2.29. The van der Waals surface area contributed by atoms with E-state index in [9.17, 15) is 4.79 Å². The Kier molecular flexibility index (Phi) is 7.91. The van der Waals surface area contributed by atoms with E-state index in [1.807, 2.05) is 50.2 Å². The molecule has 0 aliphatic carbocycles. The Morgan fingerprint density at radius 1 is 1.13 bits per heavy atom. The largest absolute Gasteiger partial charge is 0.490 e. The van der Waals surface area contributed by atoms with Crippen molar-refractivity contribution in [1.29, 1.82) is 0 Å². The molecule has 0 aromatic heterocycles. The summed E-state index contributed by atoms with van der Waals surface area (Å²) in [7, 11) is 0. The summed E-state index contributed by atoms with van der Waals surface area (Å²) in [6.45, 7) is 5.43. The number of carbonyl (C=O) groups excluding carboxylic acids is 1. The molecule has 1 N–H and O–H groups in total. The van der Waals surface area contributed by atoms with E-state index < -0.39 is 0 Å². The molecule has 0 radical (unpaired) electrons. The molecular weight excluding hydrogens is 532 g/mol. The van der Waals surface area contributed by atoms with Crippen LogP contribution in [0.1, 0.15) is 31.4 Å². The zero-order valence-corrected chi connectivity index (χ0v) is 20.7. The van der Waals surface area contributed by atoms with Gasteiger partial charge in [0.1, 0.15) is 12.3 Å². The molecule has 1 fully saturated rings. The number of nitrogens with one attached hydrogen (secondary N) is 1. The number of rotatable bonds is 8. The molecule has 0 saturated carbocycles. The van der Waals surface area contributed by atoms with E-state index in [4.69, 9.17) is 21.7 Å². The van der Waals surface area contributed by atoms with Crippen molar-refractivity contribution in [2.45, 2.75) is 26.9 Å². The molecule has 0 unspecified atom stereocenters. The van der Waals surface area contributed by atoms with Crippen molar-refractivity contribution in [2.75, 3.05) is 13.2 Å². The minimum Gasteiger partial charge on any atom is -0.490 e. The summed E-state index contributed by atoms with van der Waals surface area (Å²) in [6.07, 6.45) is 2.61. The third kappa shape index (κ3) is 5.42. The minimum absolute atomic E-state index is 0.119. The van der Waals surface area contributed by atoms with Gasteiger partial charge in [-0.05, 0) is 83.0 Å². The van der Waals surface area contributed by atoms with Crippen LogP contribution in [-0.2, 0) is 11.4 Å². The Hall–Kier alpha value is -1.90. The van der Waals surface area contributed by atoms with E-state index in [1.54, 1.807) is 11.0 Å². The van der Waals surface area contributed by atoms with Gasteiger partial charge in [-0.1, -0.05) is 35.0 Å². The fourth-order valence-electron chi connectivity index (χ4n) is 2.98. The van der Waals surface area contributed by atoms with E-state index in [0.29, 0.717) is 42.1 Å². The predicted octanol–water partition coefficient (Wildman–Crippen LogP) is 5.66. The van der Waals surface area contributed by atoms with Gasteiger partial charge in [-0.2, -0.15) is 0 Å². The standard InChI is InChI=1S/C22H22Br2N2O3S/c1-3-9-26-21(27)18(25-22(26)30)11-15-10-17(24)20(19(12-15)28-4-2)29-13-14-5-7-16(23)8-6-14/h5-8,10-12H,3-4,9,13H2,1-2H3,(H,25,30)/b18-11-. The summed E-state index contributed by atoms with van der Waals surface area (Å²) in [6, 6.07) is 11.7. The highest BCUT2D eigenvalue weighted by atomic mass is 79.9. The van der Waals surface area contributed by atoms with Gasteiger partial charge >= 0.3 is 0 Å². The van der Waals surface area contributed by atoms with Gasteiger partial charge in [0.15, 0.2) is 16.6 Å². The maximum atomic E-state index is 12.6. The Labute approximate surface area is 198 Å². The Balaban J connectivity index is 1.85. The van der Waals surface area contributed by atoms with Crippen LogP contribution in [0, 0.1) is 0 Å². The summed E-state index contributed by atoms with van der Waals surface area (Å²) in [5.41, 5.74) is 2.30. The third-order valence-electron chi connectivity index (χ3n) is 4.35. The van der Waals surface area contributed by atoms with Crippen molar-refractivity contribution in [3.05, 3.63) is 62.2 Å². The smallest absolute Gasteiger partial charge is 0.276 e. The molecule has 0 spiro atoms. The van der Waals surface area contributed by atoms with Crippen molar-refractivity contribution in [3.8, 4) is 11.5 Å². The van der Waals surface area contributed by atoms with Crippen molar-refractivity contribution in [1.82, 2.24) is 10.2 Å². The van der Waals surface area contributed by atoms with Gasteiger partial charge in [-0.25, -0.2) is 0 Å². The molecule has 158 valence electrons. The Bertz CT molecular complexity index is 977. The topological polar surface area (TPSA) is 50.8 Å². The summed E-state index contributed by atoms with van der Waals surface area (Å²) in [5, 5.41) is 3.44. The molecule has 3 rings (SSSR count). The molecule has 1 heterocycles. The van der Waals surface area contributed by atoms with Gasteiger partial charge < -0.3 is 14.8 Å². The number of carbonyl (C=O) groups is 1. The minimum atomic E-state index is -0.119. The number of amides is 1. The van der Waals surface area contributed by atoms with Crippen LogP contribution in [-0.4, -0.2) is 29.1 Å². The van der Waals surface area contributed by atoms with E-state index in [0.717, 1.165) is 26.5 Å². The van der Waals surface area contributed by atoms with Gasteiger partial charge in [0.2, 0.25) is 0 Å². The van der Waals surface area contributed by atoms with Crippen LogP contribution in [0.25, 0.3) is 6.08 Å². The lowest BCUT2D eigenvalue weighted by Crippen LogP contribution is -2.31. The number of hydrogen-bond donors (Lipinski definition) is 1. The first-order chi connectivity index (χ1) is 14.4. The molecule has 1 amide bonds. The van der Waals surface area contributed by atoms with Crippen molar-refractivity contribution < 1.29 is 14.3 Å². The molecule has 1 aliphatic heterocycles. The van der Waals surface area contributed by atoms with Gasteiger partial charge in [0.25, 0.3) is 5.91 Å². The second-order valence-electron chi connectivity index (χ2n) is 6.62. The molecule has 1 saturated heterocycles. The number of thiocarbonyl (C=S) groups is 1. The maximum absolute atomic E-state index is 12.6. The fourth-order valence-corrected chi connectivity index (χ4v) is 4.10. The molecule has 1 aliphatic rings. The quantitative estimate of drug-likeness (QED) is 0.338. The van der Waals surface area contributed by atoms with Crippen LogP contribution in [0.2, 0.25) is 0 Å². The first-order valence-electron chi connectivity index (χ1n) is 9.61. The average molecular weight is 554 g/mol. The molecule has 0 bridgehead atoms. The summed E-state index contributed by atoms with van der Waals surface area (Å²) < 4.78 is 13.6. The maximum Gasteiger partial charge on any atom is 0.276 e. The zero-order valence-electron chi connectivity index (χ0n) is 16.7. The normalized spacial score (nSPS) is 14.9. The molecule has 8 heteroatoms. The second-order valence-corrected chi connectivity index (χ2v) is 8.78. The number of nitrogens with zero attached hydrogens (tertiary/aromatic N) is 1. The third-order valence-corrected chi connectivity index (χ3v) is 5.79. The van der Waals surface area contributed by atoms with Crippen molar-refractivity contribution >= 4 is 61.2 Å². The summed E-state index contributed by atoms with van der Waals surface area (Å²) in [4.78, 5) is 14.2. The van der Waals surface area contributed by atoms with Crippen LogP contribution in [0.4, 0.5) is 0 Å². The lowest BCUT2D eigenvalue weighted by Gasteiger charge is -2.15.